The van der Waals surface area contributed by atoms with Crippen LogP contribution in [0, 0.1) is 25.7 Å². The fourth-order valence-corrected chi connectivity index (χ4v) is 3.95. The average Bonchev–Trinajstić information content (AvgIpc) is 2.92. The molecule has 0 aliphatic heterocycles. The maximum absolute atomic E-state index is 9.33. The molecule has 0 bridgehead atoms. The molecular weight excluding hydrogens is 244 g/mol. The van der Waals surface area contributed by atoms with Crippen molar-refractivity contribution in [2.75, 3.05) is 13.2 Å². The van der Waals surface area contributed by atoms with Gasteiger partial charge in [-0.2, -0.15) is 0 Å². The predicted molar refractivity (Wildman–Crippen MR) is 75.9 cm³/mol. The van der Waals surface area contributed by atoms with Gasteiger partial charge >= 0.3 is 0 Å². The molecule has 3 atom stereocenters. The Morgan fingerprint density at radius 2 is 2.11 bits per heavy atom. The zero-order valence-corrected chi connectivity index (χ0v) is 12.4. The quantitative estimate of drug-likeness (QED) is 0.863. The third-order valence-electron chi connectivity index (χ3n) is 4.07. The molecule has 1 aliphatic rings. The van der Waals surface area contributed by atoms with Crippen LogP contribution in [-0.2, 0) is 0 Å². The number of hydrogen-bond acceptors (Lipinski definition) is 4. The molecule has 0 saturated heterocycles. The molecule has 0 aromatic carbocycles. The molecule has 2 rings (SSSR count). The fourth-order valence-electron chi connectivity index (χ4n) is 2.99. The van der Waals surface area contributed by atoms with Crippen molar-refractivity contribution in [2.45, 2.75) is 46.1 Å². The molecule has 1 heterocycles. The van der Waals surface area contributed by atoms with Gasteiger partial charge in [-0.3, -0.25) is 0 Å². The first-order valence-corrected chi connectivity index (χ1v) is 7.71. The van der Waals surface area contributed by atoms with Gasteiger partial charge in [0.15, 0.2) is 0 Å². The van der Waals surface area contributed by atoms with Crippen LogP contribution in [0.1, 0.15) is 47.8 Å². The van der Waals surface area contributed by atoms with Gasteiger partial charge in [0.25, 0.3) is 0 Å². The Balaban J connectivity index is 1.88. The maximum atomic E-state index is 9.33. The molecule has 102 valence electrons. The molecule has 0 radical (unpaired) electrons. The standard InChI is InChI=1S/C14H24N2OS/c1-9(14-10(2)16-11(3)18-14)15-7-12-5-4-6-13(12)8-17/h9,12-13,15,17H,4-8H2,1-3H3. The van der Waals surface area contributed by atoms with E-state index in [1.807, 2.05) is 0 Å². The number of thiazole rings is 1. The van der Waals surface area contributed by atoms with Crippen LogP contribution in [0.15, 0.2) is 0 Å². The van der Waals surface area contributed by atoms with Gasteiger partial charge < -0.3 is 10.4 Å². The van der Waals surface area contributed by atoms with Crippen molar-refractivity contribution >= 4 is 11.3 Å². The molecule has 0 spiro atoms. The highest BCUT2D eigenvalue weighted by Gasteiger charge is 2.26. The Kier molecular flexibility index (Phi) is 4.76. The number of aromatic nitrogens is 1. The Hall–Kier alpha value is -0.450. The zero-order valence-electron chi connectivity index (χ0n) is 11.6. The second-order valence-electron chi connectivity index (χ2n) is 5.45. The zero-order chi connectivity index (χ0) is 13.1. The minimum absolute atomic E-state index is 0.347. The summed E-state index contributed by atoms with van der Waals surface area (Å²) in [4.78, 5) is 5.83. The largest absolute Gasteiger partial charge is 0.396 e. The van der Waals surface area contributed by atoms with Crippen molar-refractivity contribution in [3.8, 4) is 0 Å². The van der Waals surface area contributed by atoms with E-state index in [4.69, 9.17) is 0 Å². The van der Waals surface area contributed by atoms with Crippen LogP contribution in [0.4, 0.5) is 0 Å². The summed E-state index contributed by atoms with van der Waals surface area (Å²) in [7, 11) is 0. The van der Waals surface area contributed by atoms with Crippen molar-refractivity contribution in [3.05, 3.63) is 15.6 Å². The van der Waals surface area contributed by atoms with Crippen LogP contribution in [0.5, 0.6) is 0 Å². The summed E-state index contributed by atoms with van der Waals surface area (Å²) in [6.07, 6.45) is 3.71. The van der Waals surface area contributed by atoms with E-state index < -0.39 is 0 Å². The van der Waals surface area contributed by atoms with Crippen LogP contribution in [0.3, 0.4) is 0 Å². The van der Waals surface area contributed by atoms with Gasteiger partial charge in [-0.1, -0.05) is 6.42 Å². The van der Waals surface area contributed by atoms with E-state index in [-0.39, 0.29) is 0 Å². The summed E-state index contributed by atoms with van der Waals surface area (Å²) in [5.41, 5.74) is 1.16. The summed E-state index contributed by atoms with van der Waals surface area (Å²) >= 11 is 1.79. The third kappa shape index (κ3) is 3.11. The molecule has 1 aromatic rings. The highest BCUT2D eigenvalue weighted by Crippen LogP contribution is 2.31. The lowest BCUT2D eigenvalue weighted by Gasteiger charge is -2.21. The molecule has 1 aromatic heterocycles. The maximum Gasteiger partial charge on any atom is 0.0900 e. The molecule has 3 unspecified atom stereocenters. The monoisotopic (exact) mass is 268 g/mol. The lowest BCUT2D eigenvalue weighted by Crippen LogP contribution is -2.28. The lowest BCUT2D eigenvalue weighted by molar-refractivity contribution is 0.190. The van der Waals surface area contributed by atoms with Gasteiger partial charge in [0.1, 0.15) is 0 Å². The summed E-state index contributed by atoms with van der Waals surface area (Å²) in [6.45, 7) is 7.72. The van der Waals surface area contributed by atoms with Crippen LogP contribution in [0.2, 0.25) is 0 Å². The van der Waals surface area contributed by atoms with Gasteiger partial charge in [0, 0.05) is 17.5 Å². The third-order valence-corrected chi connectivity index (χ3v) is 5.33. The Morgan fingerprint density at radius 1 is 1.39 bits per heavy atom. The van der Waals surface area contributed by atoms with Crippen LogP contribution >= 0.6 is 11.3 Å². The van der Waals surface area contributed by atoms with E-state index in [1.54, 1.807) is 11.3 Å². The van der Waals surface area contributed by atoms with Crippen molar-refractivity contribution < 1.29 is 5.11 Å². The van der Waals surface area contributed by atoms with Crippen LogP contribution in [-0.4, -0.2) is 23.2 Å². The Morgan fingerprint density at radius 3 is 2.72 bits per heavy atom. The molecule has 18 heavy (non-hydrogen) atoms. The number of rotatable bonds is 5. The van der Waals surface area contributed by atoms with Gasteiger partial charge in [-0.15, -0.1) is 11.3 Å². The number of aryl methyl sites for hydroxylation is 2. The van der Waals surface area contributed by atoms with E-state index in [9.17, 15) is 5.11 Å². The molecule has 1 aliphatic carbocycles. The lowest BCUT2D eigenvalue weighted by atomic mass is 9.96. The predicted octanol–water partition coefficient (Wildman–Crippen LogP) is 2.82. The SMILES string of the molecule is Cc1nc(C)c(C(C)NCC2CCCC2CO)s1. The van der Waals surface area contributed by atoms with Gasteiger partial charge in [-0.25, -0.2) is 4.98 Å². The highest BCUT2D eigenvalue weighted by molar-refractivity contribution is 7.11. The van der Waals surface area contributed by atoms with Crippen LogP contribution in [0.25, 0.3) is 0 Å². The van der Waals surface area contributed by atoms with Gasteiger partial charge in [0.2, 0.25) is 0 Å². The van der Waals surface area contributed by atoms with Crippen molar-refractivity contribution in [1.29, 1.82) is 0 Å². The first-order chi connectivity index (χ1) is 8.61. The smallest absolute Gasteiger partial charge is 0.0900 e. The summed E-state index contributed by atoms with van der Waals surface area (Å²) < 4.78 is 0. The minimum Gasteiger partial charge on any atom is -0.396 e. The second kappa shape index (κ2) is 6.13. The van der Waals surface area contributed by atoms with Gasteiger partial charge in [0.05, 0.1) is 10.7 Å². The molecule has 1 fully saturated rings. The average molecular weight is 268 g/mol. The number of nitrogens with zero attached hydrogens (tertiary/aromatic N) is 1. The molecular formula is C14H24N2OS. The molecule has 0 amide bonds. The number of aliphatic hydroxyl groups is 1. The van der Waals surface area contributed by atoms with E-state index in [0.29, 0.717) is 24.5 Å². The molecule has 4 heteroatoms. The summed E-state index contributed by atoms with van der Waals surface area (Å²) in [6, 6.07) is 0.371. The fraction of sp³-hybridized carbons (Fsp3) is 0.786. The number of nitrogens with one attached hydrogen (secondary N) is 1. The van der Waals surface area contributed by atoms with E-state index in [2.05, 4.69) is 31.1 Å². The van der Waals surface area contributed by atoms with E-state index in [1.165, 1.54) is 24.1 Å². The van der Waals surface area contributed by atoms with Crippen LogP contribution < -0.4 is 5.32 Å². The second-order valence-corrected chi connectivity index (χ2v) is 6.68. The topological polar surface area (TPSA) is 45.2 Å². The van der Waals surface area contributed by atoms with Crippen molar-refractivity contribution in [2.24, 2.45) is 11.8 Å². The Bertz CT molecular complexity index is 391. The molecule has 2 N–H and O–H groups in total. The summed E-state index contributed by atoms with van der Waals surface area (Å²) in [5, 5.41) is 14.1. The highest BCUT2D eigenvalue weighted by atomic mass is 32.1. The molecule has 1 saturated carbocycles. The van der Waals surface area contributed by atoms with Crippen molar-refractivity contribution in [3.63, 3.8) is 0 Å². The van der Waals surface area contributed by atoms with E-state index in [0.717, 1.165) is 17.2 Å². The summed E-state index contributed by atoms with van der Waals surface area (Å²) in [5.74, 6) is 1.15. The van der Waals surface area contributed by atoms with Crippen molar-refractivity contribution in [1.82, 2.24) is 10.3 Å². The molecule has 3 nitrogen and oxygen atoms in total. The first kappa shape index (κ1) is 14.0. The number of aliphatic hydroxyl groups excluding tert-OH is 1. The minimum atomic E-state index is 0.347. The van der Waals surface area contributed by atoms with Gasteiger partial charge in [-0.05, 0) is 52.0 Å². The van der Waals surface area contributed by atoms with E-state index >= 15 is 0 Å². The number of hydrogen-bond donors (Lipinski definition) is 2. The normalized spacial score (nSPS) is 25.6. The Labute approximate surface area is 114 Å². The first-order valence-electron chi connectivity index (χ1n) is 6.90.